The Balaban J connectivity index is 1.66. The SMILES string of the molecule is CCN(CCCC(=O)O)C(=O)C(C)(C)C(C)(C)NC(=O)OCC1c2ccccc2-c2ccccc21. The van der Waals surface area contributed by atoms with E-state index in [2.05, 4.69) is 29.6 Å². The van der Waals surface area contributed by atoms with E-state index in [0.29, 0.717) is 19.5 Å². The van der Waals surface area contributed by atoms with Crippen LogP contribution in [0.4, 0.5) is 4.79 Å². The highest BCUT2D eigenvalue weighted by Crippen LogP contribution is 2.44. The summed E-state index contributed by atoms with van der Waals surface area (Å²) in [7, 11) is 0. The van der Waals surface area contributed by atoms with E-state index < -0.39 is 23.0 Å². The maximum atomic E-state index is 13.3. The van der Waals surface area contributed by atoms with Crippen LogP contribution in [0.1, 0.15) is 64.5 Å². The summed E-state index contributed by atoms with van der Waals surface area (Å²) in [6.07, 6.45) is -0.191. The van der Waals surface area contributed by atoms with Gasteiger partial charge in [0, 0.05) is 25.4 Å². The molecule has 2 N–H and O–H groups in total. The summed E-state index contributed by atoms with van der Waals surface area (Å²) in [5.41, 5.74) is 2.73. The van der Waals surface area contributed by atoms with Gasteiger partial charge in [-0.1, -0.05) is 48.5 Å². The van der Waals surface area contributed by atoms with Gasteiger partial charge in [-0.3, -0.25) is 9.59 Å². The molecule has 0 saturated heterocycles. The minimum absolute atomic E-state index is 0.00556. The molecule has 2 amide bonds. The standard InChI is InChI=1S/C28H36N2O5/c1-6-30(17-11-16-24(31)32)25(33)27(2,3)28(4,5)29-26(34)35-18-23-21-14-9-7-12-19(21)20-13-8-10-15-22(20)23/h7-10,12-15,23H,6,11,16-18H2,1-5H3,(H,29,34)(H,31,32). The first-order valence-corrected chi connectivity index (χ1v) is 12.1. The number of carboxylic acids is 1. The second-order valence-electron chi connectivity index (χ2n) is 10.1. The summed E-state index contributed by atoms with van der Waals surface area (Å²) in [4.78, 5) is 38.7. The van der Waals surface area contributed by atoms with Gasteiger partial charge in [-0.15, -0.1) is 0 Å². The molecule has 0 aromatic heterocycles. The van der Waals surface area contributed by atoms with Gasteiger partial charge in [0.2, 0.25) is 5.91 Å². The molecule has 1 aliphatic carbocycles. The lowest BCUT2D eigenvalue weighted by Crippen LogP contribution is -2.60. The number of rotatable bonds is 10. The number of alkyl carbamates (subject to hydrolysis) is 1. The predicted octanol–water partition coefficient (Wildman–Crippen LogP) is 5.04. The van der Waals surface area contributed by atoms with Crippen LogP contribution in [0.5, 0.6) is 0 Å². The van der Waals surface area contributed by atoms with Crippen LogP contribution in [0.3, 0.4) is 0 Å². The first-order valence-electron chi connectivity index (χ1n) is 12.1. The predicted molar refractivity (Wildman–Crippen MR) is 135 cm³/mol. The molecule has 7 heteroatoms. The van der Waals surface area contributed by atoms with Gasteiger partial charge in [0.25, 0.3) is 0 Å². The van der Waals surface area contributed by atoms with Crippen LogP contribution in [0.15, 0.2) is 48.5 Å². The minimum atomic E-state index is -0.947. The summed E-state index contributed by atoms with van der Waals surface area (Å²) < 4.78 is 5.69. The Labute approximate surface area is 207 Å². The van der Waals surface area contributed by atoms with E-state index in [0.717, 1.165) is 22.3 Å². The number of fused-ring (bicyclic) bond motifs is 3. The number of ether oxygens (including phenoxy) is 1. The van der Waals surface area contributed by atoms with Gasteiger partial charge >= 0.3 is 12.1 Å². The molecule has 0 spiro atoms. The lowest BCUT2D eigenvalue weighted by atomic mass is 9.73. The number of hydrogen-bond donors (Lipinski definition) is 2. The summed E-state index contributed by atoms with van der Waals surface area (Å²) in [5, 5.41) is 11.8. The highest BCUT2D eigenvalue weighted by Gasteiger charge is 2.46. The molecule has 3 rings (SSSR count). The van der Waals surface area contributed by atoms with Crippen molar-refractivity contribution in [3.05, 3.63) is 59.7 Å². The van der Waals surface area contributed by atoms with Crippen LogP contribution in [-0.4, -0.2) is 53.2 Å². The number of carbonyl (C=O) groups excluding carboxylic acids is 2. The zero-order chi connectivity index (χ0) is 25.8. The van der Waals surface area contributed by atoms with Crippen molar-refractivity contribution >= 4 is 18.0 Å². The van der Waals surface area contributed by atoms with Crippen molar-refractivity contribution in [1.29, 1.82) is 0 Å². The summed E-state index contributed by atoms with van der Waals surface area (Å²) >= 11 is 0. The Kier molecular flexibility index (Phi) is 7.88. The third kappa shape index (κ3) is 5.50. The monoisotopic (exact) mass is 480 g/mol. The fourth-order valence-corrected chi connectivity index (χ4v) is 4.53. The van der Waals surface area contributed by atoms with E-state index >= 15 is 0 Å². The number of carbonyl (C=O) groups is 3. The number of hydrogen-bond acceptors (Lipinski definition) is 4. The maximum absolute atomic E-state index is 13.3. The smallest absolute Gasteiger partial charge is 0.407 e. The van der Waals surface area contributed by atoms with Crippen molar-refractivity contribution in [3.63, 3.8) is 0 Å². The molecular formula is C28H36N2O5. The van der Waals surface area contributed by atoms with Gasteiger partial charge < -0.3 is 20.1 Å². The zero-order valence-corrected chi connectivity index (χ0v) is 21.3. The van der Waals surface area contributed by atoms with E-state index in [1.807, 2.05) is 31.2 Å². The fourth-order valence-electron chi connectivity index (χ4n) is 4.53. The molecule has 0 fully saturated rings. The highest BCUT2D eigenvalue weighted by atomic mass is 16.5. The number of nitrogens with one attached hydrogen (secondary N) is 1. The number of amides is 2. The Bertz CT molecular complexity index is 1050. The van der Waals surface area contributed by atoms with Crippen molar-refractivity contribution < 1.29 is 24.2 Å². The minimum Gasteiger partial charge on any atom is -0.481 e. The van der Waals surface area contributed by atoms with Gasteiger partial charge in [-0.2, -0.15) is 0 Å². The molecule has 1 aliphatic rings. The molecule has 0 bridgehead atoms. The average molecular weight is 481 g/mol. The van der Waals surface area contributed by atoms with Crippen LogP contribution >= 0.6 is 0 Å². The molecule has 0 radical (unpaired) electrons. The summed E-state index contributed by atoms with van der Waals surface area (Å²) in [5.74, 6) is -1.07. The lowest BCUT2D eigenvalue weighted by Gasteiger charge is -2.43. The van der Waals surface area contributed by atoms with E-state index in [4.69, 9.17) is 9.84 Å². The molecule has 2 aromatic carbocycles. The van der Waals surface area contributed by atoms with Gasteiger partial charge in [0.05, 0.1) is 11.0 Å². The largest absolute Gasteiger partial charge is 0.481 e. The van der Waals surface area contributed by atoms with Crippen molar-refractivity contribution in [1.82, 2.24) is 10.2 Å². The van der Waals surface area contributed by atoms with Crippen LogP contribution in [0, 0.1) is 5.41 Å². The molecule has 0 heterocycles. The van der Waals surface area contributed by atoms with Crippen molar-refractivity contribution in [3.8, 4) is 11.1 Å². The molecule has 0 atom stereocenters. The molecule has 7 nitrogen and oxygen atoms in total. The molecular weight excluding hydrogens is 444 g/mol. The second-order valence-corrected chi connectivity index (χ2v) is 10.1. The van der Waals surface area contributed by atoms with Crippen LogP contribution in [-0.2, 0) is 14.3 Å². The Morgan fingerprint density at radius 2 is 1.51 bits per heavy atom. The van der Waals surface area contributed by atoms with Crippen molar-refractivity contribution in [2.45, 2.75) is 58.9 Å². The second kappa shape index (κ2) is 10.5. The molecule has 0 aliphatic heterocycles. The normalized spacial score (nSPS) is 13.1. The van der Waals surface area contributed by atoms with Gasteiger partial charge in [0.1, 0.15) is 6.61 Å². The first-order chi connectivity index (χ1) is 16.5. The zero-order valence-electron chi connectivity index (χ0n) is 21.3. The molecule has 188 valence electrons. The van der Waals surface area contributed by atoms with Crippen molar-refractivity contribution in [2.24, 2.45) is 5.41 Å². The van der Waals surface area contributed by atoms with Crippen LogP contribution < -0.4 is 5.32 Å². The molecule has 35 heavy (non-hydrogen) atoms. The van der Waals surface area contributed by atoms with Gasteiger partial charge in [0.15, 0.2) is 0 Å². The van der Waals surface area contributed by atoms with E-state index in [-0.39, 0.29) is 24.9 Å². The fraction of sp³-hybridized carbons (Fsp3) is 0.464. The summed E-state index contributed by atoms with van der Waals surface area (Å²) in [6, 6.07) is 16.3. The third-order valence-electron chi connectivity index (χ3n) is 7.34. The van der Waals surface area contributed by atoms with E-state index in [9.17, 15) is 14.4 Å². The van der Waals surface area contributed by atoms with E-state index in [1.165, 1.54) is 0 Å². The van der Waals surface area contributed by atoms with Gasteiger partial charge in [-0.05, 0) is 63.3 Å². The lowest BCUT2D eigenvalue weighted by molar-refractivity contribution is -0.145. The number of nitrogens with zero attached hydrogens (tertiary/aromatic N) is 1. The number of benzene rings is 2. The first kappa shape index (κ1) is 26.3. The van der Waals surface area contributed by atoms with Gasteiger partial charge in [-0.25, -0.2) is 4.79 Å². The highest BCUT2D eigenvalue weighted by molar-refractivity contribution is 5.84. The Hall–Kier alpha value is -3.35. The average Bonchev–Trinajstić information content (AvgIpc) is 3.13. The maximum Gasteiger partial charge on any atom is 0.407 e. The van der Waals surface area contributed by atoms with E-state index in [1.54, 1.807) is 32.6 Å². The molecule has 0 saturated carbocycles. The molecule has 0 unspecified atom stereocenters. The Morgan fingerprint density at radius 1 is 0.971 bits per heavy atom. The summed E-state index contributed by atoms with van der Waals surface area (Å²) in [6.45, 7) is 10.1. The number of carboxylic acid groups (broad SMARTS) is 1. The third-order valence-corrected chi connectivity index (χ3v) is 7.34. The topological polar surface area (TPSA) is 95.9 Å². The Morgan fingerprint density at radius 3 is 2.03 bits per heavy atom. The van der Waals surface area contributed by atoms with Crippen LogP contribution in [0.25, 0.3) is 11.1 Å². The van der Waals surface area contributed by atoms with Crippen molar-refractivity contribution in [2.75, 3.05) is 19.7 Å². The molecule has 2 aromatic rings. The van der Waals surface area contributed by atoms with Crippen LogP contribution in [0.2, 0.25) is 0 Å². The quantitative estimate of drug-likeness (QED) is 0.496. The number of aliphatic carboxylic acids is 1.